The van der Waals surface area contributed by atoms with E-state index in [1.54, 1.807) is 0 Å². The first-order valence-electron chi connectivity index (χ1n) is 8.18. The van der Waals surface area contributed by atoms with Crippen LogP contribution in [0.3, 0.4) is 0 Å². The largest absolute Gasteiger partial charge is 0.349 e. The Labute approximate surface area is 137 Å². The summed E-state index contributed by atoms with van der Waals surface area (Å²) in [5.41, 5.74) is 1.41. The lowest BCUT2D eigenvalue weighted by Gasteiger charge is -2.17. The SMILES string of the molecule is CN(C)CCNC(=O)c1nc(C2CCCN2C)n2ccccc12. The molecule has 6 nitrogen and oxygen atoms in total. The van der Waals surface area contributed by atoms with Crippen molar-refractivity contribution >= 4 is 11.4 Å². The van der Waals surface area contributed by atoms with E-state index in [1.165, 1.54) is 6.42 Å². The fourth-order valence-electron chi connectivity index (χ4n) is 3.18. The van der Waals surface area contributed by atoms with Crippen molar-refractivity contribution in [1.82, 2.24) is 24.5 Å². The Bertz CT molecular complexity index is 693. The van der Waals surface area contributed by atoms with Crippen LogP contribution in [0.15, 0.2) is 24.4 Å². The van der Waals surface area contributed by atoms with E-state index >= 15 is 0 Å². The summed E-state index contributed by atoms with van der Waals surface area (Å²) in [4.78, 5) is 21.6. The van der Waals surface area contributed by atoms with E-state index in [-0.39, 0.29) is 11.9 Å². The van der Waals surface area contributed by atoms with Gasteiger partial charge in [0.15, 0.2) is 5.69 Å². The number of pyridine rings is 1. The molecule has 3 heterocycles. The molecule has 0 spiro atoms. The molecule has 6 heteroatoms. The maximum atomic E-state index is 12.5. The molecule has 1 unspecified atom stereocenters. The average molecular weight is 315 g/mol. The Morgan fingerprint density at radius 2 is 2.26 bits per heavy atom. The molecular formula is C17H25N5O. The maximum absolute atomic E-state index is 12.5. The van der Waals surface area contributed by atoms with Gasteiger partial charge in [-0.05, 0) is 52.7 Å². The van der Waals surface area contributed by atoms with Crippen molar-refractivity contribution in [3.63, 3.8) is 0 Å². The highest BCUT2D eigenvalue weighted by molar-refractivity contribution is 5.99. The van der Waals surface area contributed by atoms with Crippen LogP contribution in [0, 0.1) is 0 Å². The normalized spacial score (nSPS) is 18.9. The Morgan fingerprint density at radius 1 is 1.43 bits per heavy atom. The quantitative estimate of drug-likeness (QED) is 0.906. The van der Waals surface area contributed by atoms with Gasteiger partial charge in [0.2, 0.25) is 0 Å². The topological polar surface area (TPSA) is 52.9 Å². The molecule has 1 aliphatic rings. The predicted octanol–water partition coefficient (Wildman–Crippen LogP) is 1.39. The van der Waals surface area contributed by atoms with E-state index < -0.39 is 0 Å². The van der Waals surface area contributed by atoms with Crippen LogP contribution in [0.25, 0.3) is 5.52 Å². The number of carbonyl (C=O) groups is 1. The minimum atomic E-state index is -0.0950. The number of amides is 1. The fourth-order valence-corrected chi connectivity index (χ4v) is 3.18. The number of aromatic nitrogens is 2. The summed E-state index contributed by atoms with van der Waals surface area (Å²) >= 11 is 0. The van der Waals surface area contributed by atoms with Gasteiger partial charge >= 0.3 is 0 Å². The number of nitrogens with zero attached hydrogens (tertiary/aromatic N) is 4. The summed E-state index contributed by atoms with van der Waals surface area (Å²) in [7, 11) is 6.11. The Morgan fingerprint density at radius 3 is 2.96 bits per heavy atom. The fraction of sp³-hybridized carbons (Fsp3) is 0.529. The number of rotatable bonds is 5. The Hall–Kier alpha value is -1.92. The van der Waals surface area contributed by atoms with Gasteiger partial charge in [-0.15, -0.1) is 0 Å². The van der Waals surface area contributed by atoms with Crippen molar-refractivity contribution in [1.29, 1.82) is 0 Å². The highest BCUT2D eigenvalue weighted by Crippen LogP contribution is 2.30. The van der Waals surface area contributed by atoms with Gasteiger partial charge in [-0.1, -0.05) is 6.07 Å². The third kappa shape index (κ3) is 3.23. The molecule has 1 fully saturated rings. The molecule has 1 saturated heterocycles. The number of nitrogens with one attached hydrogen (secondary N) is 1. The first kappa shape index (κ1) is 16.0. The zero-order chi connectivity index (χ0) is 16.4. The second-order valence-electron chi connectivity index (χ2n) is 6.47. The van der Waals surface area contributed by atoms with Crippen molar-refractivity contribution < 1.29 is 4.79 Å². The number of likely N-dealkylation sites (tertiary alicyclic amines) is 1. The summed E-state index contributed by atoms with van der Waals surface area (Å²) in [6, 6.07) is 6.19. The van der Waals surface area contributed by atoms with E-state index in [2.05, 4.69) is 21.7 Å². The van der Waals surface area contributed by atoms with Crippen LogP contribution < -0.4 is 5.32 Å². The van der Waals surface area contributed by atoms with E-state index in [4.69, 9.17) is 4.98 Å². The molecule has 1 aliphatic heterocycles. The molecule has 2 aromatic heterocycles. The molecule has 23 heavy (non-hydrogen) atoms. The summed E-state index contributed by atoms with van der Waals surface area (Å²) in [6.45, 7) is 2.52. The van der Waals surface area contributed by atoms with Crippen molar-refractivity contribution in [3.05, 3.63) is 35.9 Å². The molecule has 1 atom stereocenters. The van der Waals surface area contributed by atoms with E-state index in [0.29, 0.717) is 12.2 Å². The molecule has 1 N–H and O–H groups in total. The van der Waals surface area contributed by atoms with Gasteiger partial charge in [-0.3, -0.25) is 9.69 Å². The molecule has 2 aromatic rings. The standard InChI is InChI=1S/C17H25N5O/c1-20(2)12-9-18-17(23)15-13-7-4-5-11-22(13)16(19-15)14-8-6-10-21(14)3/h4-5,7,11,14H,6,8-10,12H2,1-3H3,(H,18,23). The lowest BCUT2D eigenvalue weighted by molar-refractivity contribution is 0.0948. The van der Waals surface area contributed by atoms with Crippen molar-refractivity contribution in [2.75, 3.05) is 40.8 Å². The lowest BCUT2D eigenvalue weighted by Crippen LogP contribution is -2.31. The minimum absolute atomic E-state index is 0.0950. The molecule has 0 aromatic carbocycles. The number of carbonyl (C=O) groups excluding carboxylic acids is 1. The van der Waals surface area contributed by atoms with Crippen LogP contribution in [-0.2, 0) is 0 Å². The first-order valence-corrected chi connectivity index (χ1v) is 8.18. The van der Waals surface area contributed by atoms with Gasteiger partial charge in [0, 0.05) is 19.3 Å². The molecule has 0 aliphatic carbocycles. The third-order valence-electron chi connectivity index (χ3n) is 4.45. The second kappa shape index (κ2) is 6.68. The monoisotopic (exact) mass is 315 g/mol. The van der Waals surface area contributed by atoms with Gasteiger partial charge in [0.1, 0.15) is 5.82 Å². The molecule has 124 valence electrons. The minimum Gasteiger partial charge on any atom is -0.349 e. The molecule has 0 radical (unpaired) electrons. The smallest absolute Gasteiger partial charge is 0.272 e. The molecule has 3 rings (SSSR count). The molecule has 0 bridgehead atoms. The number of hydrogen-bond acceptors (Lipinski definition) is 4. The molecule has 0 saturated carbocycles. The predicted molar refractivity (Wildman–Crippen MR) is 90.7 cm³/mol. The zero-order valence-electron chi connectivity index (χ0n) is 14.1. The zero-order valence-corrected chi connectivity index (χ0v) is 14.1. The summed E-state index contributed by atoms with van der Waals surface area (Å²) < 4.78 is 2.06. The number of hydrogen-bond donors (Lipinski definition) is 1. The second-order valence-corrected chi connectivity index (χ2v) is 6.47. The summed E-state index contributed by atoms with van der Waals surface area (Å²) in [5, 5.41) is 2.97. The van der Waals surface area contributed by atoms with Gasteiger partial charge in [0.25, 0.3) is 5.91 Å². The van der Waals surface area contributed by atoms with Crippen molar-refractivity contribution in [3.8, 4) is 0 Å². The Kier molecular flexibility index (Phi) is 4.63. The number of imidazole rings is 1. The first-order chi connectivity index (χ1) is 11.1. The van der Waals surface area contributed by atoms with Crippen LogP contribution in [0.5, 0.6) is 0 Å². The highest BCUT2D eigenvalue weighted by atomic mass is 16.1. The average Bonchev–Trinajstić information content (AvgIpc) is 3.10. The van der Waals surface area contributed by atoms with Crippen molar-refractivity contribution in [2.45, 2.75) is 18.9 Å². The summed E-state index contributed by atoms with van der Waals surface area (Å²) in [6.07, 6.45) is 4.26. The van der Waals surface area contributed by atoms with E-state index in [0.717, 1.165) is 30.9 Å². The van der Waals surface area contributed by atoms with Crippen LogP contribution in [0.1, 0.15) is 35.2 Å². The number of fused-ring (bicyclic) bond motifs is 1. The van der Waals surface area contributed by atoms with Crippen LogP contribution in [-0.4, -0.2) is 65.9 Å². The van der Waals surface area contributed by atoms with Crippen LogP contribution >= 0.6 is 0 Å². The van der Waals surface area contributed by atoms with Gasteiger partial charge in [-0.25, -0.2) is 4.98 Å². The Balaban J connectivity index is 1.90. The van der Waals surface area contributed by atoms with E-state index in [9.17, 15) is 4.79 Å². The lowest BCUT2D eigenvalue weighted by atomic mass is 10.2. The van der Waals surface area contributed by atoms with Crippen LogP contribution in [0.4, 0.5) is 0 Å². The van der Waals surface area contributed by atoms with Crippen LogP contribution in [0.2, 0.25) is 0 Å². The number of likely N-dealkylation sites (N-methyl/N-ethyl adjacent to an activating group) is 1. The van der Waals surface area contributed by atoms with E-state index in [1.807, 2.05) is 43.4 Å². The van der Waals surface area contributed by atoms with Gasteiger partial charge in [0.05, 0.1) is 11.6 Å². The molecule has 1 amide bonds. The summed E-state index contributed by atoms with van der Waals surface area (Å²) in [5.74, 6) is 0.876. The van der Waals surface area contributed by atoms with Crippen molar-refractivity contribution in [2.24, 2.45) is 0 Å². The molecular weight excluding hydrogens is 290 g/mol. The van der Waals surface area contributed by atoms with Gasteiger partial charge < -0.3 is 14.6 Å². The van der Waals surface area contributed by atoms with Gasteiger partial charge in [-0.2, -0.15) is 0 Å². The highest BCUT2D eigenvalue weighted by Gasteiger charge is 2.28. The maximum Gasteiger partial charge on any atom is 0.272 e. The third-order valence-corrected chi connectivity index (χ3v) is 4.45.